The summed E-state index contributed by atoms with van der Waals surface area (Å²) in [5, 5.41) is 3.78. The summed E-state index contributed by atoms with van der Waals surface area (Å²) in [7, 11) is 0. The molecule has 17 heavy (non-hydrogen) atoms. The Kier molecular flexibility index (Phi) is 3.30. The maximum absolute atomic E-state index is 11.6. The number of rotatable bonds is 3. The van der Waals surface area contributed by atoms with Gasteiger partial charge in [0, 0.05) is 17.5 Å². The van der Waals surface area contributed by atoms with Gasteiger partial charge in [-0.2, -0.15) is 5.10 Å². The minimum absolute atomic E-state index is 0.279. The predicted octanol–water partition coefficient (Wildman–Crippen LogP) is 1.75. The van der Waals surface area contributed by atoms with Gasteiger partial charge in [0.2, 0.25) is 0 Å². The molecule has 0 saturated carbocycles. The average molecular weight is 229 g/mol. The van der Waals surface area contributed by atoms with E-state index in [1.807, 2.05) is 6.92 Å². The Balaban J connectivity index is 1.98. The van der Waals surface area contributed by atoms with Crippen molar-refractivity contribution in [2.75, 3.05) is 0 Å². The Morgan fingerprint density at radius 2 is 2.41 bits per heavy atom. The van der Waals surface area contributed by atoms with Gasteiger partial charge in [0.05, 0.1) is 12.5 Å². The summed E-state index contributed by atoms with van der Waals surface area (Å²) < 4.78 is 5.03. The number of nitrogens with zero attached hydrogens (tertiary/aromatic N) is 2. The smallest absolute Gasteiger partial charge is 0.271 e. The van der Waals surface area contributed by atoms with E-state index in [2.05, 4.69) is 15.5 Å². The highest BCUT2D eigenvalue weighted by Gasteiger charge is 2.03. The molecular weight excluding hydrogens is 218 g/mol. The highest BCUT2D eigenvalue weighted by Crippen LogP contribution is 2.00. The summed E-state index contributed by atoms with van der Waals surface area (Å²) in [6.45, 7) is 1.82. The number of hydrogen-bond acceptors (Lipinski definition) is 4. The quantitative estimate of drug-likeness (QED) is 0.644. The predicted molar refractivity (Wildman–Crippen MR) is 62.7 cm³/mol. The molecule has 0 aliphatic heterocycles. The molecule has 0 aliphatic rings. The fourth-order valence-electron chi connectivity index (χ4n) is 1.27. The third kappa shape index (κ3) is 3.01. The molecule has 0 bridgehead atoms. The Morgan fingerprint density at radius 1 is 1.53 bits per heavy atom. The topological polar surface area (TPSA) is 67.5 Å². The zero-order chi connectivity index (χ0) is 12.1. The first-order valence-electron chi connectivity index (χ1n) is 5.05. The van der Waals surface area contributed by atoms with E-state index in [-0.39, 0.29) is 5.91 Å². The highest BCUT2D eigenvalue weighted by atomic mass is 16.3. The van der Waals surface area contributed by atoms with E-state index in [9.17, 15) is 4.79 Å². The first-order valence-corrected chi connectivity index (χ1v) is 5.05. The monoisotopic (exact) mass is 229 g/mol. The number of carbonyl (C=O) groups excluding carboxylic acids is 1. The maximum atomic E-state index is 11.6. The largest absolute Gasteiger partial charge is 0.463 e. The van der Waals surface area contributed by atoms with Gasteiger partial charge in [0.15, 0.2) is 0 Å². The van der Waals surface area contributed by atoms with Crippen LogP contribution in [0.5, 0.6) is 0 Å². The van der Waals surface area contributed by atoms with Crippen molar-refractivity contribution >= 4 is 12.1 Å². The second kappa shape index (κ2) is 5.07. The van der Waals surface area contributed by atoms with Crippen LogP contribution in [0.3, 0.4) is 0 Å². The second-order valence-electron chi connectivity index (χ2n) is 3.40. The summed E-state index contributed by atoms with van der Waals surface area (Å²) in [5.41, 5.74) is 3.71. The Labute approximate surface area is 98.2 Å². The van der Waals surface area contributed by atoms with Crippen LogP contribution in [0.1, 0.15) is 21.8 Å². The minimum Gasteiger partial charge on any atom is -0.463 e. The molecule has 0 aromatic carbocycles. The number of pyridine rings is 1. The summed E-state index contributed by atoms with van der Waals surface area (Å²) in [5.74, 6) is 0.300. The molecule has 1 N–H and O–H groups in total. The molecule has 0 spiro atoms. The average Bonchev–Trinajstić information content (AvgIpc) is 2.82. The highest BCUT2D eigenvalue weighted by molar-refractivity contribution is 5.94. The lowest BCUT2D eigenvalue weighted by atomic mass is 10.2. The lowest BCUT2D eigenvalue weighted by Gasteiger charge is -1.99. The van der Waals surface area contributed by atoms with E-state index in [1.54, 1.807) is 30.5 Å². The number of aromatic nitrogens is 1. The molecule has 0 radical (unpaired) electrons. The summed E-state index contributed by atoms with van der Waals surface area (Å²) in [4.78, 5) is 15.7. The van der Waals surface area contributed by atoms with Crippen LogP contribution in [0.2, 0.25) is 0 Å². The zero-order valence-electron chi connectivity index (χ0n) is 9.25. The normalized spacial score (nSPS) is 10.6. The molecule has 0 fully saturated rings. The van der Waals surface area contributed by atoms with Crippen LogP contribution in [-0.4, -0.2) is 17.1 Å². The number of hydrazone groups is 1. The molecule has 5 nitrogen and oxygen atoms in total. The van der Waals surface area contributed by atoms with Gasteiger partial charge in [0.25, 0.3) is 5.91 Å². The molecule has 0 aliphatic carbocycles. The second-order valence-corrected chi connectivity index (χ2v) is 3.40. The fraction of sp³-hybridized carbons (Fsp3) is 0.0833. The van der Waals surface area contributed by atoms with Crippen molar-refractivity contribution in [3.63, 3.8) is 0 Å². The van der Waals surface area contributed by atoms with E-state index >= 15 is 0 Å². The molecular formula is C12H11N3O2. The first-order chi connectivity index (χ1) is 8.25. The molecule has 1 amide bonds. The third-order valence-electron chi connectivity index (χ3n) is 2.06. The fourth-order valence-corrected chi connectivity index (χ4v) is 1.27. The minimum atomic E-state index is -0.279. The van der Waals surface area contributed by atoms with Gasteiger partial charge in [-0.25, -0.2) is 5.43 Å². The third-order valence-corrected chi connectivity index (χ3v) is 2.06. The number of aryl methyl sites for hydroxylation is 1. The number of nitrogens with one attached hydrogen (secondary N) is 1. The Bertz CT molecular complexity index is 532. The first kappa shape index (κ1) is 11.1. The van der Waals surface area contributed by atoms with Crippen molar-refractivity contribution in [2.24, 2.45) is 5.10 Å². The molecule has 2 aromatic heterocycles. The van der Waals surface area contributed by atoms with E-state index in [0.717, 1.165) is 5.69 Å². The molecule has 0 unspecified atom stereocenters. The van der Waals surface area contributed by atoms with Crippen LogP contribution < -0.4 is 5.43 Å². The lowest BCUT2D eigenvalue weighted by molar-refractivity contribution is 0.0955. The van der Waals surface area contributed by atoms with Crippen molar-refractivity contribution in [3.8, 4) is 0 Å². The van der Waals surface area contributed by atoms with Crippen molar-refractivity contribution in [2.45, 2.75) is 6.92 Å². The summed E-state index contributed by atoms with van der Waals surface area (Å²) >= 11 is 0. The van der Waals surface area contributed by atoms with Gasteiger partial charge in [-0.05, 0) is 31.2 Å². The van der Waals surface area contributed by atoms with Crippen molar-refractivity contribution < 1.29 is 9.21 Å². The SMILES string of the molecule is Cc1cc(C(=O)N/N=C\c2ccco2)ccn1. The number of furan rings is 1. The molecule has 5 heteroatoms. The van der Waals surface area contributed by atoms with Gasteiger partial charge in [-0.3, -0.25) is 9.78 Å². The number of amides is 1. The van der Waals surface area contributed by atoms with Crippen LogP contribution in [0, 0.1) is 6.92 Å². The lowest BCUT2D eigenvalue weighted by Crippen LogP contribution is -2.17. The van der Waals surface area contributed by atoms with E-state index in [1.165, 1.54) is 12.5 Å². The molecule has 2 aromatic rings. The number of hydrogen-bond donors (Lipinski definition) is 1. The van der Waals surface area contributed by atoms with Crippen molar-refractivity contribution in [1.29, 1.82) is 0 Å². The molecule has 2 heterocycles. The van der Waals surface area contributed by atoms with E-state index in [0.29, 0.717) is 11.3 Å². The van der Waals surface area contributed by atoms with Crippen molar-refractivity contribution in [1.82, 2.24) is 10.4 Å². The molecule has 2 rings (SSSR count). The van der Waals surface area contributed by atoms with Gasteiger partial charge in [-0.1, -0.05) is 0 Å². The molecule has 86 valence electrons. The van der Waals surface area contributed by atoms with Crippen LogP contribution >= 0.6 is 0 Å². The number of carbonyl (C=O) groups is 1. The van der Waals surface area contributed by atoms with Crippen LogP contribution in [0.15, 0.2) is 46.2 Å². The summed E-state index contributed by atoms with van der Waals surface area (Å²) in [6, 6.07) is 6.81. The van der Waals surface area contributed by atoms with Gasteiger partial charge >= 0.3 is 0 Å². The molecule has 0 saturated heterocycles. The van der Waals surface area contributed by atoms with Crippen molar-refractivity contribution in [3.05, 3.63) is 53.7 Å². The van der Waals surface area contributed by atoms with Crippen LogP contribution in [0.4, 0.5) is 0 Å². The van der Waals surface area contributed by atoms with E-state index < -0.39 is 0 Å². The van der Waals surface area contributed by atoms with Crippen LogP contribution in [0.25, 0.3) is 0 Å². The Hall–Kier alpha value is -2.43. The maximum Gasteiger partial charge on any atom is 0.271 e. The van der Waals surface area contributed by atoms with Gasteiger partial charge in [0.1, 0.15) is 5.76 Å². The van der Waals surface area contributed by atoms with Gasteiger partial charge < -0.3 is 4.42 Å². The van der Waals surface area contributed by atoms with E-state index in [4.69, 9.17) is 4.42 Å². The molecule has 0 atom stereocenters. The zero-order valence-corrected chi connectivity index (χ0v) is 9.25. The van der Waals surface area contributed by atoms with Crippen LogP contribution in [-0.2, 0) is 0 Å². The summed E-state index contributed by atoms with van der Waals surface area (Å²) in [6.07, 6.45) is 4.56. The Morgan fingerprint density at radius 3 is 3.12 bits per heavy atom. The standard InChI is InChI=1S/C12H11N3O2/c1-9-7-10(4-5-13-9)12(16)15-14-8-11-3-2-6-17-11/h2-8H,1H3,(H,15,16)/b14-8-. The van der Waals surface area contributed by atoms with Gasteiger partial charge in [-0.15, -0.1) is 0 Å².